The number of hydrogen-bond donors (Lipinski definition) is 1. The van der Waals surface area contributed by atoms with E-state index >= 15 is 0 Å². The van der Waals surface area contributed by atoms with E-state index in [4.69, 9.17) is 0 Å². The third-order valence-corrected chi connectivity index (χ3v) is 1.86. The van der Waals surface area contributed by atoms with Crippen LogP contribution in [0.2, 0.25) is 0 Å². The molecule has 0 radical (unpaired) electrons. The molecule has 0 aromatic carbocycles. The van der Waals surface area contributed by atoms with Crippen molar-refractivity contribution in [2.24, 2.45) is 5.41 Å². The molecule has 0 aliphatic heterocycles. The van der Waals surface area contributed by atoms with Crippen LogP contribution >= 0.6 is 0 Å². The Morgan fingerprint density at radius 1 is 1.62 bits per heavy atom. The zero-order valence-corrected chi connectivity index (χ0v) is 8.12. The molecule has 1 N–H and O–H groups in total. The van der Waals surface area contributed by atoms with Crippen molar-refractivity contribution < 1.29 is 0 Å². The van der Waals surface area contributed by atoms with Crippen molar-refractivity contribution in [1.29, 1.82) is 0 Å². The number of aromatic nitrogens is 2. The van der Waals surface area contributed by atoms with Crippen LogP contribution in [-0.4, -0.2) is 16.5 Å². The van der Waals surface area contributed by atoms with Gasteiger partial charge in [0.15, 0.2) is 0 Å². The van der Waals surface area contributed by atoms with Gasteiger partial charge in [-0.1, -0.05) is 19.9 Å². The molecule has 0 aliphatic rings. The fraction of sp³-hybridized carbons (Fsp3) is 0.400. The number of nitrogens with zero attached hydrogens (tertiary/aromatic N) is 2. The highest BCUT2D eigenvalue weighted by Crippen LogP contribution is 2.16. The molecule has 1 aromatic rings. The zero-order valence-electron chi connectivity index (χ0n) is 8.12. The van der Waals surface area contributed by atoms with Gasteiger partial charge in [0.1, 0.15) is 12.1 Å². The SMILES string of the molecule is C=CC(C)(C)CNc1ccncn1. The topological polar surface area (TPSA) is 37.8 Å². The Hall–Kier alpha value is -1.38. The molecule has 0 fully saturated rings. The molecule has 0 aliphatic carbocycles. The van der Waals surface area contributed by atoms with Gasteiger partial charge in [-0.3, -0.25) is 0 Å². The minimum atomic E-state index is 0.0882. The van der Waals surface area contributed by atoms with Gasteiger partial charge in [0.2, 0.25) is 0 Å². The molecule has 0 spiro atoms. The molecular weight excluding hydrogens is 162 g/mol. The summed E-state index contributed by atoms with van der Waals surface area (Å²) >= 11 is 0. The molecular formula is C10H15N3. The van der Waals surface area contributed by atoms with E-state index in [-0.39, 0.29) is 5.41 Å². The summed E-state index contributed by atoms with van der Waals surface area (Å²) in [4.78, 5) is 7.90. The Bertz CT molecular complexity index is 267. The van der Waals surface area contributed by atoms with Crippen LogP contribution in [0.4, 0.5) is 5.82 Å². The molecule has 0 unspecified atom stereocenters. The molecule has 0 bridgehead atoms. The van der Waals surface area contributed by atoms with Crippen molar-refractivity contribution in [3.63, 3.8) is 0 Å². The summed E-state index contributed by atoms with van der Waals surface area (Å²) in [6.07, 6.45) is 5.18. The van der Waals surface area contributed by atoms with Gasteiger partial charge >= 0.3 is 0 Å². The maximum absolute atomic E-state index is 4.06. The fourth-order valence-corrected chi connectivity index (χ4v) is 0.786. The lowest BCUT2D eigenvalue weighted by Crippen LogP contribution is -2.20. The summed E-state index contributed by atoms with van der Waals surface area (Å²) in [5.74, 6) is 0.852. The Labute approximate surface area is 78.9 Å². The second-order valence-electron chi connectivity index (χ2n) is 3.64. The van der Waals surface area contributed by atoms with Gasteiger partial charge in [-0.2, -0.15) is 0 Å². The quantitative estimate of drug-likeness (QED) is 0.716. The lowest BCUT2D eigenvalue weighted by atomic mass is 9.94. The largest absolute Gasteiger partial charge is 0.369 e. The van der Waals surface area contributed by atoms with E-state index in [0.29, 0.717) is 0 Å². The second kappa shape index (κ2) is 4.03. The summed E-state index contributed by atoms with van der Waals surface area (Å²) in [5, 5.41) is 3.21. The molecule has 0 amide bonds. The van der Waals surface area contributed by atoms with Gasteiger partial charge in [-0.05, 0) is 11.5 Å². The fourth-order valence-electron chi connectivity index (χ4n) is 0.786. The highest BCUT2D eigenvalue weighted by atomic mass is 15.0. The van der Waals surface area contributed by atoms with Crippen LogP contribution in [0.1, 0.15) is 13.8 Å². The summed E-state index contributed by atoms with van der Waals surface area (Å²) < 4.78 is 0. The normalized spacial score (nSPS) is 10.9. The summed E-state index contributed by atoms with van der Waals surface area (Å²) in [6.45, 7) is 8.84. The molecule has 3 nitrogen and oxygen atoms in total. The number of anilines is 1. The van der Waals surface area contributed by atoms with Gasteiger partial charge < -0.3 is 5.32 Å². The lowest BCUT2D eigenvalue weighted by molar-refractivity contribution is 0.513. The van der Waals surface area contributed by atoms with Crippen molar-refractivity contribution in [2.45, 2.75) is 13.8 Å². The van der Waals surface area contributed by atoms with Gasteiger partial charge in [0.05, 0.1) is 0 Å². The van der Waals surface area contributed by atoms with E-state index in [2.05, 4.69) is 35.7 Å². The molecule has 3 heteroatoms. The van der Waals surface area contributed by atoms with Gasteiger partial charge in [0.25, 0.3) is 0 Å². The molecule has 0 saturated heterocycles. The first-order valence-electron chi connectivity index (χ1n) is 4.27. The van der Waals surface area contributed by atoms with E-state index in [1.807, 2.05) is 12.1 Å². The van der Waals surface area contributed by atoms with E-state index in [1.54, 1.807) is 6.20 Å². The van der Waals surface area contributed by atoms with Crippen LogP contribution < -0.4 is 5.32 Å². The van der Waals surface area contributed by atoms with Crippen molar-refractivity contribution in [3.05, 3.63) is 31.2 Å². The summed E-state index contributed by atoms with van der Waals surface area (Å²) in [5.41, 5.74) is 0.0882. The third kappa shape index (κ3) is 3.23. The highest BCUT2D eigenvalue weighted by Gasteiger charge is 2.11. The van der Waals surface area contributed by atoms with Crippen molar-refractivity contribution in [2.75, 3.05) is 11.9 Å². The van der Waals surface area contributed by atoms with Crippen LogP contribution in [0.25, 0.3) is 0 Å². The Morgan fingerprint density at radius 2 is 2.38 bits per heavy atom. The first-order valence-corrected chi connectivity index (χ1v) is 4.27. The minimum absolute atomic E-state index is 0.0882. The van der Waals surface area contributed by atoms with Gasteiger partial charge in [-0.15, -0.1) is 6.58 Å². The maximum Gasteiger partial charge on any atom is 0.129 e. The van der Waals surface area contributed by atoms with Crippen LogP contribution in [-0.2, 0) is 0 Å². The second-order valence-corrected chi connectivity index (χ2v) is 3.64. The summed E-state index contributed by atoms with van der Waals surface area (Å²) in [6, 6.07) is 1.85. The van der Waals surface area contributed by atoms with Crippen LogP contribution in [0.5, 0.6) is 0 Å². The Balaban J connectivity index is 2.48. The predicted molar refractivity (Wildman–Crippen MR) is 54.5 cm³/mol. The Morgan fingerprint density at radius 3 is 2.92 bits per heavy atom. The highest BCUT2D eigenvalue weighted by molar-refractivity contribution is 5.32. The van der Waals surface area contributed by atoms with E-state index < -0.39 is 0 Å². The molecule has 13 heavy (non-hydrogen) atoms. The predicted octanol–water partition coefficient (Wildman–Crippen LogP) is 2.10. The maximum atomic E-state index is 4.06. The molecule has 1 rings (SSSR count). The van der Waals surface area contributed by atoms with E-state index in [0.717, 1.165) is 12.4 Å². The summed E-state index contributed by atoms with van der Waals surface area (Å²) in [7, 11) is 0. The van der Waals surface area contributed by atoms with Crippen molar-refractivity contribution in [1.82, 2.24) is 9.97 Å². The first-order chi connectivity index (χ1) is 6.14. The molecule has 1 aromatic heterocycles. The standard InChI is InChI=1S/C10H15N3/c1-4-10(2,3)7-12-9-5-6-11-8-13-9/h4-6,8H,1,7H2,2-3H3,(H,11,12,13). The average Bonchev–Trinajstić information content (AvgIpc) is 2.17. The van der Waals surface area contributed by atoms with Crippen LogP contribution in [0, 0.1) is 5.41 Å². The van der Waals surface area contributed by atoms with E-state index in [9.17, 15) is 0 Å². The van der Waals surface area contributed by atoms with Crippen molar-refractivity contribution in [3.8, 4) is 0 Å². The van der Waals surface area contributed by atoms with Crippen LogP contribution in [0.3, 0.4) is 0 Å². The van der Waals surface area contributed by atoms with Gasteiger partial charge in [0, 0.05) is 12.7 Å². The van der Waals surface area contributed by atoms with Crippen molar-refractivity contribution >= 4 is 5.82 Å². The zero-order chi connectivity index (χ0) is 9.73. The molecule has 0 atom stereocenters. The smallest absolute Gasteiger partial charge is 0.129 e. The average molecular weight is 177 g/mol. The van der Waals surface area contributed by atoms with Crippen LogP contribution in [0.15, 0.2) is 31.2 Å². The number of nitrogens with one attached hydrogen (secondary N) is 1. The molecule has 1 heterocycles. The minimum Gasteiger partial charge on any atom is -0.369 e. The molecule has 70 valence electrons. The third-order valence-electron chi connectivity index (χ3n) is 1.86. The monoisotopic (exact) mass is 177 g/mol. The van der Waals surface area contributed by atoms with Gasteiger partial charge in [-0.25, -0.2) is 9.97 Å². The number of hydrogen-bond acceptors (Lipinski definition) is 3. The first kappa shape index (κ1) is 9.71. The van der Waals surface area contributed by atoms with E-state index in [1.165, 1.54) is 6.33 Å². The molecule has 0 saturated carbocycles. The Kier molecular flexibility index (Phi) is 3.01. The lowest BCUT2D eigenvalue weighted by Gasteiger charge is -2.20. The number of rotatable bonds is 4.